The highest BCUT2D eigenvalue weighted by atomic mass is 16.5. The summed E-state index contributed by atoms with van der Waals surface area (Å²) in [5.74, 6) is 0. The number of pyridine rings is 1. The molecule has 108 valence electrons. The lowest BCUT2D eigenvalue weighted by molar-refractivity contribution is 0.157. The molecule has 0 unspecified atom stereocenters. The predicted molar refractivity (Wildman–Crippen MR) is 84.9 cm³/mol. The molecular weight excluding hydrogens is 250 g/mol. The molecule has 0 saturated heterocycles. The number of rotatable bonds is 6. The molecule has 0 aliphatic rings. The molecule has 0 aliphatic carbocycles. The number of benzene rings is 1. The molecule has 4 heteroatoms. The molecule has 2 aromatic rings. The number of nitrogens with zero attached hydrogens (tertiary/aromatic N) is 1. The van der Waals surface area contributed by atoms with Crippen molar-refractivity contribution in [3.8, 4) is 0 Å². The first kappa shape index (κ1) is 14.6. The van der Waals surface area contributed by atoms with Crippen molar-refractivity contribution in [2.24, 2.45) is 5.41 Å². The summed E-state index contributed by atoms with van der Waals surface area (Å²) >= 11 is 0. The van der Waals surface area contributed by atoms with E-state index in [9.17, 15) is 0 Å². The van der Waals surface area contributed by atoms with Crippen molar-refractivity contribution in [1.29, 1.82) is 0 Å². The lowest BCUT2D eigenvalue weighted by atomic mass is 9.89. The maximum atomic E-state index is 5.80. The normalized spacial score (nSPS) is 11.8. The van der Waals surface area contributed by atoms with Crippen LogP contribution in [-0.2, 0) is 4.74 Å². The Balaban J connectivity index is 2.14. The summed E-state index contributed by atoms with van der Waals surface area (Å²) in [4.78, 5) is 4.36. The fraction of sp³-hybridized carbons (Fsp3) is 0.438. The Bertz CT molecular complexity index is 581. The van der Waals surface area contributed by atoms with Crippen LogP contribution >= 0.6 is 0 Å². The zero-order valence-electron chi connectivity index (χ0n) is 12.4. The number of ether oxygens (including phenoxy) is 1. The first-order valence-electron chi connectivity index (χ1n) is 6.89. The van der Waals surface area contributed by atoms with Crippen LogP contribution in [0.1, 0.15) is 20.3 Å². The van der Waals surface area contributed by atoms with Crippen molar-refractivity contribution in [2.45, 2.75) is 20.3 Å². The number of nitrogen functional groups attached to an aromatic ring is 1. The maximum absolute atomic E-state index is 5.80. The SMILES string of the molecule is COCCC(C)(C)CNc1ccnc2cc(N)ccc12. The van der Waals surface area contributed by atoms with E-state index in [2.05, 4.69) is 24.1 Å². The van der Waals surface area contributed by atoms with Gasteiger partial charge in [-0.1, -0.05) is 13.8 Å². The van der Waals surface area contributed by atoms with Gasteiger partial charge in [-0.05, 0) is 36.1 Å². The van der Waals surface area contributed by atoms with Gasteiger partial charge in [-0.25, -0.2) is 0 Å². The second kappa shape index (κ2) is 6.09. The van der Waals surface area contributed by atoms with E-state index in [0.717, 1.165) is 41.9 Å². The van der Waals surface area contributed by atoms with E-state index >= 15 is 0 Å². The van der Waals surface area contributed by atoms with Crippen LogP contribution in [0.4, 0.5) is 11.4 Å². The van der Waals surface area contributed by atoms with Gasteiger partial charge in [0.05, 0.1) is 5.52 Å². The van der Waals surface area contributed by atoms with E-state index in [1.807, 2.05) is 30.5 Å². The van der Waals surface area contributed by atoms with Gasteiger partial charge in [-0.2, -0.15) is 0 Å². The fourth-order valence-electron chi connectivity index (χ4n) is 2.12. The average molecular weight is 273 g/mol. The molecule has 1 heterocycles. The molecular formula is C16H23N3O. The van der Waals surface area contributed by atoms with Gasteiger partial charge >= 0.3 is 0 Å². The Hall–Kier alpha value is -1.81. The molecule has 1 aromatic heterocycles. The van der Waals surface area contributed by atoms with Crippen molar-refractivity contribution < 1.29 is 4.74 Å². The molecule has 1 aromatic carbocycles. The number of nitrogens with two attached hydrogens (primary N) is 1. The number of hydrogen-bond donors (Lipinski definition) is 2. The van der Waals surface area contributed by atoms with E-state index in [-0.39, 0.29) is 5.41 Å². The van der Waals surface area contributed by atoms with Crippen LogP contribution in [0.15, 0.2) is 30.5 Å². The van der Waals surface area contributed by atoms with Crippen LogP contribution in [0.2, 0.25) is 0 Å². The lowest BCUT2D eigenvalue weighted by Gasteiger charge is -2.25. The third-order valence-corrected chi connectivity index (χ3v) is 3.51. The van der Waals surface area contributed by atoms with Gasteiger partial charge in [0.25, 0.3) is 0 Å². The summed E-state index contributed by atoms with van der Waals surface area (Å²) in [6.45, 7) is 6.14. The van der Waals surface area contributed by atoms with Gasteiger partial charge in [-0.15, -0.1) is 0 Å². The summed E-state index contributed by atoms with van der Waals surface area (Å²) in [6, 6.07) is 7.83. The number of nitrogens with one attached hydrogen (secondary N) is 1. The Morgan fingerprint density at radius 1 is 1.30 bits per heavy atom. The molecule has 0 fully saturated rings. The standard InChI is InChI=1S/C16H23N3O/c1-16(2,7-9-20-3)11-19-14-6-8-18-15-10-12(17)4-5-13(14)15/h4-6,8,10H,7,9,11,17H2,1-3H3,(H,18,19). The minimum Gasteiger partial charge on any atom is -0.399 e. The van der Waals surface area contributed by atoms with Crippen LogP contribution in [0, 0.1) is 5.41 Å². The van der Waals surface area contributed by atoms with Crippen molar-refractivity contribution in [2.75, 3.05) is 31.3 Å². The minimum absolute atomic E-state index is 0.180. The Kier molecular flexibility index (Phi) is 4.45. The zero-order chi connectivity index (χ0) is 14.6. The molecule has 0 radical (unpaired) electrons. The minimum atomic E-state index is 0.180. The van der Waals surface area contributed by atoms with Crippen molar-refractivity contribution in [3.63, 3.8) is 0 Å². The zero-order valence-corrected chi connectivity index (χ0v) is 12.4. The summed E-state index contributed by atoms with van der Waals surface area (Å²) in [7, 11) is 1.74. The highest BCUT2D eigenvalue weighted by Crippen LogP contribution is 2.26. The van der Waals surface area contributed by atoms with Crippen LogP contribution in [0.3, 0.4) is 0 Å². The van der Waals surface area contributed by atoms with Gasteiger partial charge in [0.1, 0.15) is 0 Å². The van der Waals surface area contributed by atoms with Crippen LogP contribution in [0.25, 0.3) is 10.9 Å². The first-order valence-corrected chi connectivity index (χ1v) is 6.89. The van der Waals surface area contributed by atoms with Crippen molar-refractivity contribution in [1.82, 2.24) is 4.98 Å². The largest absolute Gasteiger partial charge is 0.399 e. The molecule has 2 rings (SSSR count). The average Bonchev–Trinajstić information content (AvgIpc) is 2.42. The second-order valence-electron chi connectivity index (χ2n) is 5.90. The number of anilines is 2. The number of methoxy groups -OCH3 is 1. The summed E-state index contributed by atoms with van der Waals surface area (Å²) in [5, 5.41) is 4.62. The Morgan fingerprint density at radius 3 is 2.85 bits per heavy atom. The topological polar surface area (TPSA) is 60.2 Å². The molecule has 0 bridgehead atoms. The molecule has 3 N–H and O–H groups in total. The third-order valence-electron chi connectivity index (χ3n) is 3.51. The lowest BCUT2D eigenvalue weighted by Crippen LogP contribution is -2.24. The molecule has 0 spiro atoms. The monoisotopic (exact) mass is 273 g/mol. The molecule has 0 saturated carbocycles. The third kappa shape index (κ3) is 3.61. The first-order chi connectivity index (χ1) is 9.52. The van der Waals surface area contributed by atoms with Crippen LogP contribution in [0.5, 0.6) is 0 Å². The predicted octanol–water partition coefficient (Wildman–Crippen LogP) is 3.29. The van der Waals surface area contributed by atoms with Gasteiger partial charge in [0, 0.05) is 43.2 Å². The summed E-state index contributed by atoms with van der Waals surface area (Å²) < 4.78 is 5.16. The van der Waals surface area contributed by atoms with Crippen molar-refractivity contribution in [3.05, 3.63) is 30.5 Å². The van der Waals surface area contributed by atoms with Crippen molar-refractivity contribution >= 4 is 22.3 Å². The molecule has 0 amide bonds. The van der Waals surface area contributed by atoms with Crippen LogP contribution < -0.4 is 11.1 Å². The summed E-state index contributed by atoms with van der Waals surface area (Å²) in [6.07, 6.45) is 2.83. The smallest absolute Gasteiger partial charge is 0.0743 e. The summed E-state index contributed by atoms with van der Waals surface area (Å²) in [5.41, 5.74) is 8.73. The highest BCUT2D eigenvalue weighted by molar-refractivity contribution is 5.92. The number of fused-ring (bicyclic) bond motifs is 1. The molecule has 0 atom stereocenters. The fourth-order valence-corrected chi connectivity index (χ4v) is 2.12. The Labute approximate surface area is 120 Å². The van der Waals surface area contributed by atoms with Gasteiger partial charge in [-0.3, -0.25) is 4.98 Å². The highest BCUT2D eigenvalue weighted by Gasteiger charge is 2.17. The van der Waals surface area contributed by atoms with E-state index in [4.69, 9.17) is 10.5 Å². The van der Waals surface area contributed by atoms with Gasteiger partial charge in [0.15, 0.2) is 0 Å². The van der Waals surface area contributed by atoms with Gasteiger partial charge in [0.2, 0.25) is 0 Å². The number of aromatic nitrogens is 1. The maximum Gasteiger partial charge on any atom is 0.0743 e. The molecule has 4 nitrogen and oxygen atoms in total. The second-order valence-corrected chi connectivity index (χ2v) is 5.90. The number of hydrogen-bond acceptors (Lipinski definition) is 4. The van der Waals surface area contributed by atoms with E-state index in [1.165, 1.54) is 0 Å². The quantitative estimate of drug-likeness (QED) is 0.793. The molecule has 20 heavy (non-hydrogen) atoms. The van der Waals surface area contributed by atoms with E-state index in [0.29, 0.717) is 0 Å². The van der Waals surface area contributed by atoms with Crippen LogP contribution in [-0.4, -0.2) is 25.2 Å². The van der Waals surface area contributed by atoms with Gasteiger partial charge < -0.3 is 15.8 Å². The van der Waals surface area contributed by atoms with E-state index < -0.39 is 0 Å². The Morgan fingerprint density at radius 2 is 2.10 bits per heavy atom. The van der Waals surface area contributed by atoms with E-state index in [1.54, 1.807) is 7.11 Å². The molecule has 0 aliphatic heterocycles.